The van der Waals surface area contributed by atoms with Gasteiger partial charge in [-0.1, -0.05) is 19.9 Å². The number of carbonyl (C=O) groups is 1. The fourth-order valence-corrected chi connectivity index (χ4v) is 6.67. The molecule has 1 amide bonds. The van der Waals surface area contributed by atoms with Crippen LogP contribution in [0.2, 0.25) is 0 Å². The molecule has 0 radical (unpaired) electrons. The van der Waals surface area contributed by atoms with E-state index in [2.05, 4.69) is 38.2 Å². The van der Waals surface area contributed by atoms with Gasteiger partial charge >= 0.3 is 0 Å². The number of quaternary nitrogens is 1. The molecule has 1 saturated carbocycles. The molecule has 1 aromatic heterocycles. The van der Waals surface area contributed by atoms with Crippen LogP contribution in [0.15, 0.2) is 12.7 Å². The van der Waals surface area contributed by atoms with E-state index in [0.717, 1.165) is 30.2 Å². The summed E-state index contributed by atoms with van der Waals surface area (Å²) in [6, 6.07) is 0. The number of hydrogen-bond donors (Lipinski definition) is 5. The number of likely N-dealkylation sites (N-methyl/N-ethyl adjacent to an activating group) is 1. The van der Waals surface area contributed by atoms with Crippen LogP contribution < -0.4 is 15.5 Å². The van der Waals surface area contributed by atoms with Gasteiger partial charge in [0.25, 0.3) is 0 Å². The van der Waals surface area contributed by atoms with E-state index in [9.17, 15) is 15.0 Å². The molecular weight excluding hydrogens is 412 g/mol. The molecule has 174 valence electrons. The second-order valence-electron chi connectivity index (χ2n) is 10.0. The normalized spacial score (nSPS) is 32.3. The Morgan fingerprint density at radius 3 is 2.81 bits per heavy atom. The molecule has 2 aliphatic carbocycles. The molecule has 7 nitrogen and oxygen atoms in total. The first kappa shape index (κ1) is 24.2. The summed E-state index contributed by atoms with van der Waals surface area (Å²) in [5, 5.41) is 28.3. The molecule has 0 saturated heterocycles. The summed E-state index contributed by atoms with van der Waals surface area (Å²) in [4.78, 5) is 20.3. The molecule has 1 aromatic rings. The quantitative estimate of drug-likeness (QED) is 0.358. The predicted molar refractivity (Wildman–Crippen MR) is 125 cm³/mol. The molecule has 31 heavy (non-hydrogen) atoms. The third-order valence-corrected chi connectivity index (χ3v) is 8.68. The van der Waals surface area contributed by atoms with Gasteiger partial charge in [-0.2, -0.15) is 0 Å². The lowest BCUT2D eigenvalue weighted by atomic mass is 9.47. The molecule has 8 heteroatoms. The zero-order valence-corrected chi connectivity index (χ0v) is 20.1. The lowest BCUT2D eigenvalue weighted by Crippen LogP contribution is -3.06. The number of fused-ring (bicyclic) bond motifs is 2. The second-order valence-corrected chi connectivity index (χ2v) is 11.1. The SMILES string of the molecule is C=CCNc1nc2c(s1)C[C@@H]1[C@](C)(CO)[C@H](O)CC[C@@]1(C)[C@@H]2CC(=O)NCC[NH+](C)C. The van der Waals surface area contributed by atoms with Gasteiger partial charge in [0, 0.05) is 29.2 Å². The highest BCUT2D eigenvalue weighted by Gasteiger charge is 2.59. The van der Waals surface area contributed by atoms with Crippen LogP contribution in [0.25, 0.3) is 0 Å². The van der Waals surface area contributed by atoms with Gasteiger partial charge in [0.15, 0.2) is 5.13 Å². The highest BCUT2D eigenvalue weighted by atomic mass is 32.1. The van der Waals surface area contributed by atoms with Gasteiger partial charge in [0.05, 0.1) is 45.6 Å². The van der Waals surface area contributed by atoms with Gasteiger partial charge in [0.1, 0.15) is 0 Å². The Morgan fingerprint density at radius 1 is 1.42 bits per heavy atom. The van der Waals surface area contributed by atoms with Crippen LogP contribution in [0.5, 0.6) is 0 Å². The van der Waals surface area contributed by atoms with E-state index in [1.54, 1.807) is 17.4 Å². The van der Waals surface area contributed by atoms with Crippen LogP contribution in [0, 0.1) is 16.7 Å². The standard InChI is InChI=1S/C23H38N4O3S/c1-6-9-25-21-26-20-15(12-19(30)24-10-11-27(4)5)22(2)8-7-18(29)23(3,14-28)17(22)13-16(20)31-21/h6,15,17-18,28-29H,1,7-14H2,2-5H3,(H,24,30)(H,25,26)/p+1/t15-,17+,18-,22+,23+/m1/s1. The lowest BCUT2D eigenvalue weighted by molar-refractivity contribution is -0.856. The van der Waals surface area contributed by atoms with Gasteiger partial charge < -0.3 is 25.7 Å². The number of rotatable bonds is 9. The van der Waals surface area contributed by atoms with Gasteiger partial charge in [-0.3, -0.25) is 4.79 Å². The molecule has 0 aromatic carbocycles. The number of aromatic nitrogens is 1. The fourth-order valence-electron chi connectivity index (χ4n) is 5.59. The first-order valence-electron chi connectivity index (χ1n) is 11.3. The van der Waals surface area contributed by atoms with Crippen LogP contribution in [0.3, 0.4) is 0 Å². The molecule has 1 fully saturated rings. The van der Waals surface area contributed by atoms with Crippen molar-refractivity contribution in [2.75, 3.05) is 45.7 Å². The topological polar surface area (TPSA) is 98.9 Å². The van der Waals surface area contributed by atoms with E-state index < -0.39 is 11.5 Å². The van der Waals surface area contributed by atoms with Gasteiger partial charge in [-0.25, -0.2) is 4.98 Å². The summed E-state index contributed by atoms with van der Waals surface area (Å²) < 4.78 is 0. The largest absolute Gasteiger partial charge is 0.396 e. The summed E-state index contributed by atoms with van der Waals surface area (Å²) in [6.07, 6.45) is 3.87. The summed E-state index contributed by atoms with van der Waals surface area (Å²) >= 11 is 1.63. The first-order chi connectivity index (χ1) is 14.7. The van der Waals surface area contributed by atoms with Gasteiger partial charge in [-0.15, -0.1) is 17.9 Å². The van der Waals surface area contributed by atoms with E-state index >= 15 is 0 Å². The minimum atomic E-state index is -0.591. The zero-order valence-electron chi connectivity index (χ0n) is 19.3. The number of carbonyl (C=O) groups excluding carboxylic acids is 1. The predicted octanol–water partition coefficient (Wildman–Crippen LogP) is 0.807. The third kappa shape index (κ3) is 4.67. The van der Waals surface area contributed by atoms with Crippen LogP contribution in [0.4, 0.5) is 5.13 Å². The van der Waals surface area contributed by atoms with Crippen molar-refractivity contribution in [3.8, 4) is 0 Å². The number of thiazole rings is 1. The van der Waals surface area contributed by atoms with E-state index in [4.69, 9.17) is 4.98 Å². The maximum absolute atomic E-state index is 12.9. The first-order valence-corrected chi connectivity index (χ1v) is 12.2. The molecule has 1 heterocycles. The van der Waals surface area contributed by atoms with Crippen LogP contribution in [0.1, 0.15) is 49.6 Å². The Bertz CT molecular complexity index is 798. The van der Waals surface area contributed by atoms with Crippen molar-refractivity contribution in [2.45, 2.75) is 51.6 Å². The maximum atomic E-state index is 12.9. The number of amides is 1. The van der Waals surface area contributed by atoms with Crippen molar-refractivity contribution in [1.29, 1.82) is 0 Å². The van der Waals surface area contributed by atoms with Crippen LogP contribution in [-0.4, -0.2) is 67.5 Å². The average Bonchev–Trinajstić information content (AvgIpc) is 3.13. The minimum absolute atomic E-state index is 0.0399. The Kier molecular flexibility index (Phi) is 7.46. The fraction of sp³-hybridized carbons (Fsp3) is 0.739. The van der Waals surface area contributed by atoms with Gasteiger partial charge in [-0.05, 0) is 30.6 Å². The van der Waals surface area contributed by atoms with E-state index in [0.29, 0.717) is 25.9 Å². The Morgan fingerprint density at radius 2 is 2.16 bits per heavy atom. The summed E-state index contributed by atoms with van der Waals surface area (Å²) in [6.45, 7) is 10.1. The van der Waals surface area contributed by atoms with E-state index in [1.165, 1.54) is 9.78 Å². The third-order valence-electron chi connectivity index (χ3n) is 7.63. The van der Waals surface area contributed by atoms with Crippen molar-refractivity contribution in [3.05, 3.63) is 23.2 Å². The van der Waals surface area contributed by atoms with Crippen molar-refractivity contribution < 1.29 is 19.9 Å². The number of hydrogen-bond acceptors (Lipinski definition) is 6. The van der Waals surface area contributed by atoms with E-state index in [-0.39, 0.29) is 29.8 Å². The number of nitrogens with one attached hydrogen (secondary N) is 3. The van der Waals surface area contributed by atoms with Gasteiger partial charge in [0.2, 0.25) is 5.91 Å². The molecular formula is C23H39N4O3S+. The number of anilines is 1. The monoisotopic (exact) mass is 451 g/mol. The molecule has 5 N–H and O–H groups in total. The number of aliphatic hydroxyl groups excluding tert-OH is 2. The molecule has 0 bridgehead atoms. The molecule has 5 atom stereocenters. The molecule has 2 aliphatic rings. The average molecular weight is 452 g/mol. The van der Waals surface area contributed by atoms with Crippen molar-refractivity contribution in [1.82, 2.24) is 10.3 Å². The lowest BCUT2D eigenvalue weighted by Gasteiger charge is -2.58. The second kappa shape index (κ2) is 9.57. The highest BCUT2D eigenvalue weighted by Crippen LogP contribution is 2.62. The highest BCUT2D eigenvalue weighted by molar-refractivity contribution is 7.15. The van der Waals surface area contributed by atoms with E-state index in [1.807, 2.05) is 6.92 Å². The van der Waals surface area contributed by atoms with Crippen molar-refractivity contribution >= 4 is 22.4 Å². The van der Waals surface area contributed by atoms with Crippen molar-refractivity contribution in [2.24, 2.45) is 16.7 Å². The summed E-state index contributed by atoms with van der Waals surface area (Å²) in [5.41, 5.74) is 0.213. The number of aliphatic hydroxyl groups is 2. The Balaban J connectivity index is 1.94. The summed E-state index contributed by atoms with van der Waals surface area (Å²) in [7, 11) is 4.14. The van der Waals surface area contributed by atoms with Crippen LogP contribution >= 0.6 is 11.3 Å². The maximum Gasteiger partial charge on any atom is 0.220 e. The molecule has 0 spiro atoms. The summed E-state index contributed by atoms with van der Waals surface area (Å²) in [5.74, 6) is 0.0873. The van der Waals surface area contributed by atoms with Crippen LogP contribution in [-0.2, 0) is 11.2 Å². The zero-order chi connectivity index (χ0) is 22.8. The number of nitrogens with zero attached hydrogens (tertiary/aromatic N) is 1. The molecule has 0 unspecified atom stereocenters. The minimum Gasteiger partial charge on any atom is -0.396 e. The molecule has 3 rings (SSSR count). The smallest absolute Gasteiger partial charge is 0.220 e. The molecule has 0 aliphatic heterocycles. The Labute approximate surface area is 189 Å². The Hall–Kier alpha value is -1.48. The van der Waals surface area contributed by atoms with Crippen molar-refractivity contribution in [3.63, 3.8) is 0 Å².